The number of carbonyl (C=O) groups excluding carboxylic acids is 1. The average Bonchev–Trinajstić information content (AvgIpc) is 2.50. The molecule has 0 N–H and O–H groups in total. The third kappa shape index (κ3) is 5.17. The summed E-state index contributed by atoms with van der Waals surface area (Å²) in [6.45, 7) is -1.05. The van der Waals surface area contributed by atoms with E-state index < -0.39 is 28.6 Å². The van der Waals surface area contributed by atoms with E-state index in [0.717, 1.165) is 11.0 Å². The van der Waals surface area contributed by atoms with Crippen molar-refractivity contribution in [3.05, 3.63) is 35.7 Å². The molecule has 0 aromatic heterocycles. The number of halogens is 4. The molecule has 1 aliphatic rings. The molecule has 1 aliphatic heterocycles. The molecular weight excluding hydrogens is 513 g/mol. The molecule has 1 atom stereocenters. The van der Waals surface area contributed by atoms with Crippen molar-refractivity contribution in [3.63, 3.8) is 0 Å². The van der Waals surface area contributed by atoms with Crippen molar-refractivity contribution < 1.29 is 55.4 Å². The molecule has 1 radical (unpaired) electrons. The van der Waals surface area contributed by atoms with E-state index in [1.807, 2.05) is 22.6 Å². The van der Waals surface area contributed by atoms with E-state index in [-0.39, 0.29) is 62.7 Å². The number of nitrogens with zero attached hydrogens (tertiary/aromatic N) is 2. The number of amides is 1. The van der Waals surface area contributed by atoms with Crippen LogP contribution in [0.15, 0.2) is 18.2 Å². The van der Waals surface area contributed by atoms with Crippen LogP contribution < -0.4 is 4.74 Å². The minimum Gasteiger partial charge on any atom is -0.479 e. The Morgan fingerprint density at radius 3 is 2.79 bits per heavy atom. The van der Waals surface area contributed by atoms with E-state index >= 15 is 0 Å². The maximum Gasteiger partial charge on any atom is 0.256 e. The molecule has 1 amide bonds. The van der Waals surface area contributed by atoms with Crippen molar-refractivity contribution in [2.24, 2.45) is 0 Å². The van der Waals surface area contributed by atoms with Crippen LogP contribution >= 0.6 is 22.6 Å². The van der Waals surface area contributed by atoms with Gasteiger partial charge in [0.25, 0.3) is 6.43 Å². The maximum absolute atomic E-state index is 14.2. The number of hydrogen-bond donors (Lipinski definition) is 0. The van der Waals surface area contributed by atoms with Crippen LogP contribution in [-0.4, -0.2) is 34.3 Å². The third-order valence-electron chi connectivity index (χ3n) is 3.07. The Morgan fingerprint density at radius 1 is 1.50 bits per heavy atom. The van der Waals surface area contributed by atoms with Gasteiger partial charge < -0.3 is 9.64 Å². The summed E-state index contributed by atoms with van der Waals surface area (Å²) >= 11 is 1.85. The van der Waals surface area contributed by atoms with Gasteiger partial charge in [0, 0.05) is 32.7 Å². The maximum atomic E-state index is 14.2. The zero-order valence-electron chi connectivity index (χ0n) is 12.3. The van der Waals surface area contributed by atoms with E-state index in [0.29, 0.717) is 0 Å². The van der Waals surface area contributed by atoms with E-state index in [1.165, 1.54) is 12.1 Å². The second-order valence-corrected chi connectivity index (χ2v) is 6.13. The van der Waals surface area contributed by atoms with Crippen LogP contribution in [0.25, 0.3) is 5.70 Å². The summed E-state index contributed by atoms with van der Waals surface area (Å²) in [7, 11) is 0. The van der Waals surface area contributed by atoms with Crippen LogP contribution in [0.1, 0.15) is 12.0 Å². The Morgan fingerprint density at radius 2 is 2.21 bits per heavy atom. The zero-order valence-corrected chi connectivity index (χ0v) is 17.3. The average molecular weight is 524 g/mol. The summed E-state index contributed by atoms with van der Waals surface area (Å²) < 4.78 is 44.2. The summed E-state index contributed by atoms with van der Waals surface area (Å²) in [5, 5.41) is 8.43. The Balaban J connectivity index is 0.00000288. The van der Waals surface area contributed by atoms with Gasteiger partial charge in [-0.3, -0.25) is 4.79 Å². The molecule has 0 aliphatic carbocycles. The van der Waals surface area contributed by atoms with E-state index in [2.05, 4.69) is 6.08 Å². The number of benzene rings is 1. The molecule has 4 nitrogen and oxygen atoms in total. The predicted molar refractivity (Wildman–Crippen MR) is 84.3 cm³/mol. The molecule has 125 valence electrons. The van der Waals surface area contributed by atoms with Gasteiger partial charge >= 0.3 is 0 Å². The van der Waals surface area contributed by atoms with Crippen molar-refractivity contribution in [2.75, 3.05) is 13.2 Å². The van der Waals surface area contributed by atoms with Crippen LogP contribution in [0.4, 0.5) is 13.2 Å². The van der Waals surface area contributed by atoms with Gasteiger partial charge in [-0.1, -0.05) is 29.0 Å². The minimum atomic E-state index is -2.74. The summed E-state index contributed by atoms with van der Waals surface area (Å²) in [5.41, 5.74) is -0.000781. The van der Waals surface area contributed by atoms with Crippen molar-refractivity contribution in [1.29, 1.82) is 5.26 Å². The van der Waals surface area contributed by atoms with Gasteiger partial charge in [-0.25, -0.2) is 19.2 Å². The summed E-state index contributed by atoms with van der Waals surface area (Å²) in [4.78, 5) is 13.0. The van der Waals surface area contributed by atoms with E-state index in [1.54, 1.807) is 6.07 Å². The second-order valence-electron chi connectivity index (χ2n) is 4.63. The molecule has 1 aromatic carbocycles. The Kier molecular flexibility index (Phi) is 8.67. The first-order valence-corrected chi connectivity index (χ1v) is 7.82. The summed E-state index contributed by atoms with van der Waals surface area (Å²) in [5.74, 6) is -1.09. The van der Waals surface area contributed by atoms with Crippen molar-refractivity contribution in [3.8, 4) is 11.8 Å². The molecule has 2 rings (SSSR count). The first-order valence-electron chi connectivity index (χ1n) is 6.58. The van der Waals surface area contributed by atoms with Gasteiger partial charge in [0.05, 0.1) is 16.3 Å². The number of nitriles is 1. The number of rotatable bonds is 5. The Bertz CT molecular complexity index is 679. The predicted octanol–water partition coefficient (Wildman–Crippen LogP) is 3.17. The van der Waals surface area contributed by atoms with E-state index in [4.69, 9.17) is 10.00 Å². The number of hydrogen-bond acceptors (Lipinski definition) is 3. The van der Waals surface area contributed by atoms with Crippen LogP contribution in [0.2, 0.25) is 0 Å². The van der Waals surface area contributed by atoms with Crippen LogP contribution in [-0.2, 0) is 37.5 Å². The van der Waals surface area contributed by atoms with E-state index in [9.17, 15) is 18.0 Å². The summed E-state index contributed by atoms with van der Waals surface area (Å²) in [6.07, 6.45) is 0.308. The molecule has 0 saturated carbocycles. The van der Waals surface area contributed by atoms with Crippen LogP contribution in [0.3, 0.4) is 0 Å². The third-order valence-corrected chi connectivity index (χ3v) is 4.05. The number of carbonyl (C=O) groups is 1. The van der Waals surface area contributed by atoms with Crippen molar-refractivity contribution in [1.82, 2.24) is 4.90 Å². The van der Waals surface area contributed by atoms with Crippen LogP contribution in [0, 0.1) is 23.2 Å². The molecule has 1 unspecified atom stereocenters. The van der Waals surface area contributed by atoms with Crippen LogP contribution in [0.5, 0.6) is 5.75 Å². The fourth-order valence-electron chi connectivity index (χ4n) is 2.10. The fourth-order valence-corrected chi connectivity index (χ4v) is 2.66. The quantitative estimate of drug-likeness (QED) is 0.338. The molecule has 0 spiro atoms. The SMILES string of the molecule is N#CCOc1ccc(C2=[C-]CC(I)C(=O)N2CC(F)F)c(F)c1.[Y]. The van der Waals surface area contributed by atoms with Gasteiger partial charge in [0.2, 0.25) is 5.91 Å². The minimum absolute atomic E-state index is 0. The number of allylic oxidation sites excluding steroid dienone is 1. The normalized spacial score (nSPS) is 17.2. The Labute approximate surface area is 176 Å². The second kappa shape index (κ2) is 9.73. The topological polar surface area (TPSA) is 53.3 Å². The Hall–Kier alpha value is -0.656. The monoisotopic (exact) mass is 524 g/mol. The molecule has 1 heterocycles. The molecule has 0 saturated heterocycles. The molecule has 0 fully saturated rings. The standard InChI is InChI=1S/C15H11F3IN2O2.Y/c16-11-7-9(23-6-5-20)1-2-10(11)13-4-3-12(19)15(22)21(13)8-14(17)18;/h1-2,7,12,14H,3,6,8H2;/q-1;. The number of alkyl halides is 3. The fraction of sp³-hybridized carbons (Fsp3) is 0.333. The van der Waals surface area contributed by atoms with Gasteiger partial charge in [0.15, 0.2) is 6.61 Å². The smallest absolute Gasteiger partial charge is 0.256 e. The molecule has 24 heavy (non-hydrogen) atoms. The molecular formula is C15H11F3IN2O2Y-. The van der Waals surface area contributed by atoms with Gasteiger partial charge in [-0.05, 0) is 12.1 Å². The van der Waals surface area contributed by atoms with Gasteiger partial charge in [-0.15, -0.1) is 17.3 Å². The van der Waals surface area contributed by atoms with Gasteiger partial charge in [0.1, 0.15) is 11.8 Å². The van der Waals surface area contributed by atoms with Crippen molar-refractivity contribution in [2.45, 2.75) is 16.8 Å². The first-order chi connectivity index (χ1) is 10.9. The zero-order chi connectivity index (χ0) is 17.0. The largest absolute Gasteiger partial charge is 0.479 e. The first kappa shape index (κ1) is 21.4. The number of ether oxygens (including phenoxy) is 1. The summed E-state index contributed by atoms with van der Waals surface area (Å²) in [6, 6.07) is 5.53. The molecule has 0 bridgehead atoms. The molecule has 9 heteroatoms. The van der Waals surface area contributed by atoms with Gasteiger partial charge in [-0.2, -0.15) is 5.26 Å². The molecule has 1 aromatic rings. The van der Waals surface area contributed by atoms with Crippen molar-refractivity contribution >= 4 is 34.2 Å².